The molecule has 0 aliphatic heterocycles. The van der Waals surface area contributed by atoms with E-state index in [1.165, 1.54) is 0 Å². The molecule has 0 aliphatic rings. The van der Waals surface area contributed by atoms with Gasteiger partial charge in [-0.05, 0) is 46.6 Å². The van der Waals surface area contributed by atoms with Gasteiger partial charge in [-0.15, -0.1) is 0 Å². The average molecular weight is 340 g/mol. The number of aryl methyl sites for hydroxylation is 1. The molecule has 106 valence electrons. The van der Waals surface area contributed by atoms with Crippen molar-refractivity contribution in [1.82, 2.24) is 5.32 Å². The van der Waals surface area contributed by atoms with Crippen molar-refractivity contribution < 1.29 is 8.78 Å². The van der Waals surface area contributed by atoms with Crippen LogP contribution in [0.2, 0.25) is 0 Å². The Kier molecular flexibility index (Phi) is 4.89. The molecule has 0 amide bonds. The number of halogens is 3. The summed E-state index contributed by atoms with van der Waals surface area (Å²) in [4.78, 5) is 0. The van der Waals surface area contributed by atoms with Crippen LogP contribution in [0.1, 0.15) is 29.7 Å². The van der Waals surface area contributed by atoms with Crippen LogP contribution >= 0.6 is 15.9 Å². The van der Waals surface area contributed by atoms with E-state index in [9.17, 15) is 8.78 Å². The molecule has 20 heavy (non-hydrogen) atoms. The Bertz CT molecular complexity index is 613. The van der Waals surface area contributed by atoms with Gasteiger partial charge in [-0.25, -0.2) is 8.78 Å². The largest absolute Gasteiger partial charge is 0.306 e. The van der Waals surface area contributed by atoms with Crippen LogP contribution in [0.15, 0.2) is 40.9 Å². The molecule has 0 saturated carbocycles. The number of benzene rings is 2. The van der Waals surface area contributed by atoms with E-state index in [1.54, 1.807) is 6.07 Å². The highest BCUT2D eigenvalue weighted by atomic mass is 79.9. The van der Waals surface area contributed by atoms with Crippen LogP contribution in [0.25, 0.3) is 0 Å². The topological polar surface area (TPSA) is 12.0 Å². The van der Waals surface area contributed by atoms with Crippen molar-refractivity contribution >= 4 is 15.9 Å². The zero-order chi connectivity index (χ0) is 14.7. The lowest BCUT2D eigenvalue weighted by Crippen LogP contribution is -2.22. The van der Waals surface area contributed by atoms with E-state index in [2.05, 4.69) is 21.2 Å². The van der Waals surface area contributed by atoms with Crippen molar-refractivity contribution in [3.63, 3.8) is 0 Å². The third kappa shape index (κ3) is 3.07. The van der Waals surface area contributed by atoms with Gasteiger partial charge < -0.3 is 5.32 Å². The summed E-state index contributed by atoms with van der Waals surface area (Å²) in [5.74, 6) is -1.70. The van der Waals surface area contributed by atoms with Gasteiger partial charge in [-0.2, -0.15) is 0 Å². The van der Waals surface area contributed by atoms with E-state index in [-0.39, 0.29) is 10.5 Å². The highest BCUT2D eigenvalue weighted by Gasteiger charge is 2.20. The molecule has 0 bridgehead atoms. The predicted octanol–water partition coefficient (Wildman–Crippen LogP) is 4.73. The fourth-order valence-electron chi connectivity index (χ4n) is 2.22. The molecule has 0 saturated heterocycles. The first-order valence-corrected chi connectivity index (χ1v) is 7.27. The van der Waals surface area contributed by atoms with E-state index in [0.29, 0.717) is 5.56 Å². The summed E-state index contributed by atoms with van der Waals surface area (Å²) in [5.41, 5.74) is 2.85. The summed E-state index contributed by atoms with van der Waals surface area (Å²) in [6.45, 7) is 4.72. The highest BCUT2D eigenvalue weighted by molar-refractivity contribution is 9.10. The predicted molar refractivity (Wildman–Crippen MR) is 80.8 cm³/mol. The van der Waals surface area contributed by atoms with Crippen molar-refractivity contribution in [2.45, 2.75) is 19.9 Å². The first-order chi connectivity index (χ1) is 9.54. The monoisotopic (exact) mass is 339 g/mol. The van der Waals surface area contributed by atoms with Gasteiger partial charge in [0.25, 0.3) is 0 Å². The Balaban J connectivity index is 2.51. The molecule has 4 heteroatoms. The first kappa shape index (κ1) is 15.1. The first-order valence-electron chi connectivity index (χ1n) is 6.48. The van der Waals surface area contributed by atoms with Crippen molar-refractivity contribution in [1.29, 1.82) is 0 Å². The quantitative estimate of drug-likeness (QED) is 0.793. The second-order valence-corrected chi connectivity index (χ2v) is 5.46. The maximum Gasteiger partial charge on any atom is 0.173 e. The van der Waals surface area contributed by atoms with Crippen LogP contribution < -0.4 is 5.32 Å². The molecule has 2 rings (SSSR count). The van der Waals surface area contributed by atoms with Crippen LogP contribution in [-0.4, -0.2) is 6.54 Å². The zero-order valence-corrected chi connectivity index (χ0v) is 13.0. The summed E-state index contributed by atoms with van der Waals surface area (Å²) < 4.78 is 27.2. The molecule has 0 aromatic heterocycles. The van der Waals surface area contributed by atoms with Crippen LogP contribution in [-0.2, 0) is 0 Å². The SMILES string of the molecule is CCNC(c1cccc(C)c1)c1ccc(F)c(F)c1Br. The fourth-order valence-corrected chi connectivity index (χ4v) is 2.78. The van der Waals surface area contributed by atoms with E-state index >= 15 is 0 Å². The zero-order valence-electron chi connectivity index (χ0n) is 11.4. The van der Waals surface area contributed by atoms with Crippen molar-refractivity contribution in [3.8, 4) is 0 Å². The third-order valence-corrected chi connectivity index (χ3v) is 3.97. The smallest absolute Gasteiger partial charge is 0.173 e. The van der Waals surface area contributed by atoms with Gasteiger partial charge in [0.15, 0.2) is 11.6 Å². The lowest BCUT2D eigenvalue weighted by molar-refractivity contribution is 0.498. The minimum atomic E-state index is -0.849. The molecule has 1 unspecified atom stereocenters. The standard InChI is InChI=1S/C16H16BrF2N/c1-3-20-16(11-6-4-5-10(2)9-11)12-7-8-13(18)15(19)14(12)17/h4-9,16,20H,3H2,1-2H3. The van der Waals surface area contributed by atoms with Crippen molar-refractivity contribution in [3.05, 3.63) is 69.2 Å². The minimum absolute atomic E-state index is 0.171. The number of hydrogen-bond acceptors (Lipinski definition) is 1. The Morgan fingerprint density at radius 2 is 1.95 bits per heavy atom. The summed E-state index contributed by atoms with van der Waals surface area (Å²) in [6, 6.07) is 10.6. The Hall–Kier alpha value is -1.26. The van der Waals surface area contributed by atoms with E-state index in [1.807, 2.05) is 38.1 Å². The lowest BCUT2D eigenvalue weighted by atomic mass is 9.97. The Morgan fingerprint density at radius 1 is 1.20 bits per heavy atom. The molecular weight excluding hydrogens is 324 g/mol. The number of hydrogen-bond donors (Lipinski definition) is 1. The Morgan fingerprint density at radius 3 is 2.60 bits per heavy atom. The third-order valence-electron chi connectivity index (χ3n) is 3.16. The molecule has 2 aromatic carbocycles. The highest BCUT2D eigenvalue weighted by Crippen LogP contribution is 2.31. The molecule has 1 N–H and O–H groups in total. The van der Waals surface area contributed by atoms with Gasteiger partial charge in [0.05, 0.1) is 10.5 Å². The van der Waals surface area contributed by atoms with E-state index < -0.39 is 11.6 Å². The number of nitrogens with one attached hydrogen (secondary N) is 1. The second kappa shape index (κ2) is 6.46. The van der Waals surface area contributed by atoms with E-state index in [0.717, 1.165) is 23.7 Å². The van der Waals surface area contributed by atoms with Gasteiger partial charge >= 0.3 is 0 Å². The molecule has 0 aliphatic carbocycles. The van der Waals surface area contributed by atoms with Gasteiger partial charge in [0, 0.05) is 0 Å². The van der Waals surface area contributed by atoms with Gasteiger partial charge in [0.1, 0.15) is 0 Å². The number of rotatable bonds is 4. The van der Waals surface area contributed by atoms with Crippen molar-refractivity contribution in [2.75, 3.05) is 6.54 Å². The summed E-state index contributed by atoms with van der Waals surface area (Å²) in [5, 5.41) is 3.31. The van der Waals surface area contributed by atoms with E-state index in [4.69, 9.17) is 0 Å². The average Bonchev–Trinajstić information content (AvgIpc) is 2.43. The van der Waals surface area contributed by atoms with Gasteiger partial charge in [-0.1, -0.05) is 42.8 Å². The van der Waals surface area contributed by atoms with Crippen LogP contribution in [0.5, 0.6) is 0 Å². The summed E-state index contributed by atoms with van der Waals surface area (Å²) in [7, 11) is 0. The molecule has 0 radical (unpaired) electrons. The molecule has 2 aromatic rings. The van der Waals surface area contributed by atoms with Gasteiger partial charge in [0.2, 0.25) is 0 Å². The summed E-state index contributed by atoms with van der Waals surface area (Å²) >= 11 is 3.16. The maximum absolute atomic E-state index is 13.7. The van der Waals surface area contributed by atoms with Crippen LogP contribution in [0.4, 0.5) is 8.78 Å². The second-order valence-electron chi connectivity index (χ2n) is 4.67. The molecule has 0 fully saturated rings. The normalized spacial score (nSPS) is 12.4. The maximum atomic E-state index is 13.7. The van der Waals surface area contributed by atoms with Gasteiger partial charge in [-0.3, -0.25) is 0 Å². The van der Waals surface area contributed by atoms with Crippen LogP contribution in [0.3, 0.4) is 0 Å². The lowest BCUT2D eigenvalue weighted by Gasteiger charge is -2.21. The Labute approximate surface area is 126 Å². The van der Waals surface area contributed by atoms with Crippen LogP contribution in [0, 0.1) is 18.6 Å². The summed E-state index contributed by atoms with van der Waals surface area (Å²) in [6.07, 6.45) is 0. The molecule has 1 nitrogen and oxygen atoms in total. The molecule has 1 atom stereocenters. The van der Waals surface area contributed by atoms with Crippen molar-refractivity contribution in [2.24, 2.45) is 0 Å². The minimum Gasteiger partial charge on any atom is -0.306 e. The fraction of sp³-hybridized carbons (Fsp3) is 0.250. The molecular formula is C16H16BrF2N. The molecule has 0 spiro atoms. The molecule has 0 heterocycles.